The number of fused-ring (bicyclic) bond motifs is 4. The van der Waals surface area contributed by atoms with Gasteiger partial charge in [-0.1, -0.05) is 62.3 Å². The van der Waals surface area contributed by atoms with Crippen molar-refractivity contribution in [1.82, 2.24) is 4.90 Å². The molecular weight excluding hydrogens is 594 g/mol. The Balaban J connectivity index is 0.00000124. The number of nitrogens with zero attached hydrogens (tertiary/aromatic N) is 1. The highest BCUT2D eigenvalue weighted by Crippen LogP contribution is 2.89. The van der Waals surface area contributed by atoms with Gasteiger partial charge in [-0.15, -0.1) is 0 Å². The van der Waals surface area contributed by atoms with Crippen molar-refractivity contribution in [2.75, 3.05) is 26.2 Å². The number of morpholine rings is 1. The molecule has 7 rings (SSSR count). The van der Waals surface area contributed by atoms with E-state index in [2.05, 4.69) is 67.2 Å². The van der Waals surface area contributed by atoms with Gasteiger partial charge in [0.15, 0.2) is 6.29 Å². The number of carbonyl (C=O) groups excluding carboxylic acids is 2. The Hall–Kier alpha value is -0.860. The quantitative estimate of drug-likeness (QED) is 0.366. The summed E-state index contributed by atoms with van der Waals surface area (Å²) in [6.07, 6.45) is 9.72. The van der Waals surface area contributed by atoms with Gasteiger partial charge < -0.3 is 24.4 Å². The minimum absolute atomic E-state index is 0.0548. The zero-order chi connectivity index (χ0) is 34.4. The standard InChI is InChI=1S/C38H65NO5.CO2/c1-10-17-39-18-19-42-28(21-39)44-27-13-14-37-22-38(37)16-15-35(8)29-23(2)20-24(31(40)33(3,4)5)43-30(29)32(41)36(35,9)26(38)12-11-25(37)34(27,6)7;2-1-3/h23-32,40-41H,10-22H2,1-9H3;/t23-,24?,25+,26?,27?,28+,29+,30?,31+,32+,35-,36-,37-,38+;/m1./s1. The minimum Gasteiger partial charge on any atom is -0.390 e. The highest BCUT2D eigenvalue weighted by atomic mass is 16.7. The van der Waals surface area contributed by atoms with Gasteiger partial charge in [0.05, 0.1) is 37.1 Å². The van der Waals surface area contributed by atoms with E-state index in [9.17, 15) is 10.2 Å². The Morgan fingerprint density at radius 1 is 1.02 bits per heavy atom. The maximum absolute atomic E-state index is 12.5. The van der Waals surface area contributed by atoms with Crippen molar-refractivity contribution in [2.24, 2.45) is 56.2 Å². The lowest BCUT2D eigenvalue weighted by molar-refractivity contribution is -0.248. The van der Waals surface area contributed by atoms with Crippen LogP contribution in [0.25, 0.3) is 0 Å². The number of rotatable bonds is 5. The fraction of sp³-hybridized carbons (Fsp3) is 0.974. The van der Waals surface area contributed by atoms with E-state index in [-0.39, 0.29) is 52.4 Å². The lowest BCUT2D eigenvalue weighted by Crippen LogP contribution is -2.60. The zero-order valence-electron chi connectivity index (χ0n) is 30.8. The monoisotopic (exact) mass is 659 g/mol. The smallest absolute Gasteiger partial charge is 0.373 e. The van der Waals surface area contributed by atoms with Crippen LogP contribution in [0.4, 0.5) is 0 Å². The predicted octanol–water partition coefficient (Wildman–Crippen LogP) is 6.08. The van der Waals surface area contributed by atoms with Gasteiger partial charge in [-0.05, 0) is 115 Å². The maximum atomic E-state index is 12.5. The van der Waals surface area contributed by atoms with Crippen LogP contribution in [0.1, 0.15) is 120 Å². The number of hydrogen-bond donors (Lipinski definition) is 2. The molecule has 2 N–H and O–H groups in total. The van der Waals surface area contributed by atoms with Gasteiger partial charge in [0.1, 0.15) is 0 Å². The van der Waals surface area contributed by atoms with E-state index in [0.29, 0.717) is 34.5 Å². The van der Waals surface area contributed by atoms with Crippen molar-refractivity contribution in [2.45, 2.75) is 157 Å². The number of hydrogen-bond acceptors (Lipinski definition) is 8. The lowest BCUT2D eigenvalue weighted by atomic mass is 9.41. The van der Waals surface area contributed by atoms with Crippen molar-refractivity contribution >= 4 is 6.15 Å². The summed E-state index contributed by atoms with van der Waals surface area (Å²) < 4.78 is 19.9. The normalized spacial score (nSPS) is 50.7. The third kappa shape index (κ3) is 5.12. The van der Waals surface area contributed by atoms with Crippen LogP contribution in [0.15, 0.2) is 0 Å². The molecule has 0 radical (unpaired) electrons. The van der Waals surface area contributed by atoms with E-state index < -0.39 is 12.2 Å². The molecule has 2 saturated heterocycles. The van der Waals surface area contributed by atoms with Crippen molar-refractivity contribution in [3.8, 4) is 0 Å². The lowest BCUT2D eigenvalue weighted by Gasteiger charge is -2.64. The summed E-state index contributed by atoms with van der Waals surface area (Å²) in [5.41, 5.74) is 0.489. The van der Waals surface area contributed by atoms with Crippen LogP contribution in [-0.4, -0.2) is 84.3 Å². The maximum Gasteiger partial charge on any atom is 0.373 e. The molecule has 268 valence electrons. The molecule has 0 aromatic heterocycles. The van der Waals surface area contributed by atoms with Gasteiger partial charge in [-0.25, -0.2) is 0 Å². The van der Waals surface area contributed by atoms with E-state index in [1.807, 2.05) is 0 Å². The zero-order valence-corrected chi connectivity index (χ0v) is 30.8. The van der Waals surface area contributed by atoms with Crippen LogP contribution in [-0.2, 0) is 23.8 Å². The number of ether oxygens (including phenoxy) is 3. The van der Waals surface area contributed by atoms with Gasteiger partial charge in [-0.2, -0.15) is 9.59 Å². The predicted molar refractivity (Wildman–Crippen MR) is 178 cm³/mol. The first-order chi connectivity index (χ1) is 22.0. The van der Waals surface area contributed by atoms with Crippen LogP contribution in [0.5, 0.6) is 0 Å². The fourth-order valence-corrected chi connectivity index (χ4v) is 13.8. The molecule has 4 unspecified atom stereocenters. The fourth-order valence-electron chi connectivity index (χ4n) is 13.8. The van der Waals surface area contributed by atoms with Crippen LogP contribution in [0, 0.1) is 56.2 Å². The second-order valence-corrected chi connectivity index (χ2v) is 19.2. The van der Waals surface area contributed by atoms with E-state index in [1.165, 1.54) is 44.9 Å². The largest absolute Gasteiger partial charge is 0.390 e. The summed E-state index contributed by atoms with van der Waals surface area (Å²) in [6, 6.07) is 0. The molecule has 5 aliphatic carbocycles. The molecule has 8 heteroatoms. The Kier molecular flexibility index (Phi) is 9.28. The van der Waals surface area contributed by atoms with Crippen LogP contribution in [0.2, 0.25) is 0 Å². The number of aliphatic hydroxyl groups is 2. The average Bonchev–Trinajstić information content (AvgIpc) is 3.63. The summed E-state index contributed by atoms with van der Waals surface area (Å²) in [7, 11) is 0. The van der Waals surface area contributed by atoms with Gasteiger partial charge >= 0.3 is 6.15 Å². The molecule has 0 aromatic rings. The molecular formula is C39H65NO7. The molecule has 14 atom stereocenters. The second kappa shape index (κ2) is 12.1. The van der Waals surface area contributed by atoms with Gasteiger partial charge in [0.25, 0.3) is 0 Å². The first-order valence-electron chi connectivity index (χ1n) is 19.0. The van der Waals surface area contributed by atoms with E-state index in [0.717, 1.165) is 39.1 Å². The van der Waals surface area contributed by atoms with Crippen molar-refractivity contribution in [3.05, 3.63) is 0 Å². The van der Waals surface area contributed by atoms with Crippen molar-refractivity contribution < 1.29 is 34.0 Å². The molecule has 0 bridgehead atoms. The Labute approximate surface area is 284 Å². The average molecular weight is 660 g/mol. The minimum atomic E-state index is -0.525. The Morgan fingerprint density at radius 3 is 2.34 bits per heavy atom. The molecule has 0 amide bonds. The molecule has 2 aliphatic heterocycles. The van der Waals surface area contributed by atoms with Crippen LogP contribution >= 0.6 is 0 Å². The first kappa shape index (κ1) is 35.9. The van der Waals surface area contributed by atoms with Gasteiger partial charge in [0, 0.05) is 18.5 Å². The molecule has 5 saturated carbocycles. The molecule has 2 heterocycles. The first-order valence-corrected chi connectivity index (χ1v) is 19.0. The Bertz CT molecular complexity index is 1190. The topological polar surface area (TPSA) is 106 Å². The third-order valence-electron chi connectivity index (χ3n) is 16.0. The third-order valence-corrected chi connectivity index (χ3v) is 16.0. The highest BCUT2D eigenvalue weighted by Gasteiger charge is 2.84. The van der Waals surface area contributed by atoms with E-state index in [4.69, 9.17) is 23.8 Å². The number of aliphatic hydroxyl groups excluding tert-OH is 2. The summed E-state index contributed by atoms with van der Waals surface area (Å²) in [6.45, 7) is 24.8. The van der Waals surface area contributed by atoms with Crippen LogP contribution in [0.3, 0.4) is 0 Å². The molecule has 0 aromatic carbocycles. The van der Waals surface area contributed by atoms with Crippen LogP contribution < -0.4 is 0 Å². The molecule has 47 heavy (non-hydrogen) atoms. The summed E-state index contributed by atoms with van der Waals surface area (Å²) in [5.74, 6) is 1.97. The highest BCUT2D eigenvalue weighted by molar-refractivity contribution is 5.33. The van der Waals surface area contributed by atoms with Crippen molar-refractivity contribution in [1.29, 1.82) is 0 Å². The van der Waals surface area contributed by atoms with E-state index >= 15 is 0 Å². The Morgan fingerprint density at radius 2 is 1.68 bits per heavy atom. The van der Waals surface area contributed by atoms with E-state index in [1.54, 1.807) is 0 Å². The molecule has 8 nitrogen and oxygen atoms in total. The van der Waals surface area contributed by atoms with Gasteiger partial charge in [0.2, 0.25) is 0 Å². The summed E-state index contributed by atoms with van der Waals surface area (Å²) in [5, 5.41) is 23.7. The van der Waals surface area contributed by atoms with Crippen molar-refractivity contribution in [3.63, 3.8) is 0 Å². The summed E-state index contributed by atoms with van der Waals surface area (Å²) >= 11 is 0. The molecule has 7 fully saturated rings. The second-order valence-electron chi connectivity index (χ2n) is 19.2. The van der Waals surface area contributed by atoms with Gasteiger partial charge in [-0.3, -0.25) is 4.90 Å². The summed E-state index contributed by atoms with van der Waals surface area (Å²) in [4.78, 5) is 18.8. The SMILES string of the molecule is CCCN1CCO[C@@H](OC2CC[C@]34C[C@]35CC[C@]3(C)[C@@H]6C(OC([C@H](O)C(C)(C)C)C[C@H]6C)[C@H](O)[C@@]3(C)C5CC[C@H]4C2(C)C)C1.O=C=O. The molecule has 7 aliphatic rings. The molecule has 2 spiro atoms.